The number of methoxy groups -OCH3 is 1. The summed E-state index contributed by atoms with van der Waals surface area (Å²) in [5.74, 6) is -0.0980. The summed E-state index contributed by atoms with van der Waals surface area (Å²) in [4.78, 5) is 12.5. The van der Waals surface area contributed by atoms with Gasteiger partial charge in [0, 0.05) is 31.5 Å². The number of ether oxygens (including phenoxy) is 1. The molecule has 0 atom stereocenters. The number of nitrogens with one attached hydrogen (secondary N) is 1. The number of benzene rings is 1. The second-order valence-electron chi connectivity index (χ2n) is 6.31. The van der Waals surface area contributed by atoms with Crippen molar-refractivity contribution >= 4 is 16.8 Å². The molecule has 0 saturated heterocycles. The number of nitrogens with zero attached hydrogens (tertiary/aromatic N) is 2. The number of amides is 1. The highest BCUT2D eigenvalue weighted by atomic mass is 16.5. The molecule has 1 aromatic heterocycles. The van der Waals surface area contributed by atoms with Crippen LogP contribution in [0, 0.1) is 5.41 Å². The predicted molar refractivity (Wildman–Crippen MR) is 85.8 cm³/mol. The first-order valence-corrected chi connectivity index (χ1v) is 7.84. The molecule has 0 spiro atoms. The van der Waals surface area contributed by atoms with Gasteiger partial charge in [-0.05, 0) is 18.9 Å². The Kier molecular flexibility index (Phi) is 4.16. The Bertz CT molecular complexity index is 672. The van der Waals surface area contributed by atoms with Crippen molar-refractivity contribution in [2.75, 3.05) is 20.3 Å². The topological polar surface area (TPSA) is 56.1 Å². The van der Waals surface area contributed by atoms with Gasteiger partial charge in [0.05, 0.1) is 12.1 Å². The molecule has 0 unspecified atom stereocenters. The first kappa shape index (κ1) is 15.0. The average Bonchev–Trinajstić information content (AvgIpc) is 3.12. The molecule has 1 aliphatic carbocycles. The van der Waals surface area contributed by atoms with Crippen LogP contribution in [0.3, 0.4) is 0 Å². The van der Waals surface area contributed by atoms with Crippen LogP contribution in [0.5, 0.6) is 0 Å². The van der Waals surface area contributed by atoms with Crippen LogP contribution >= 0.6 is 0 Å². The first-order chi connectivity index (χ1) is 10.7. The molecular formula is C17H23N3O2. The van der Waals surface area contributed by atoms with E-state index < -0.39 is 0 Å². The van der Waals surface area contributed by atoms with Gasteiger partial charge in [-0.15, -0.1) is 0 Å². The zero-order valence-electron chi connectivity index (χ0n) is 13.3. The molecule has 1 saturated carbocycles. The van der Waals surface area contributed by atoms with Gasteiger partial charge in [0.25, 0.3) is 5.91 Å². The number of hydrogen-bond donors (Lipinski definition) is 1. The van der Waals surface area contributed by atoms with Crippen LogP contribution < -0.4 is 5.32 Å². The lowest BCUT2D eigenvalue weighted by Crippen LogP contribution is -2.39. The molecule has 5 heteroatoms. The first-order valence-electron chi connectivity index (χ1n) is 7.84. The number of aromatic nitrogens is 2. The molecule has 1 amide bonds. The molecule has 0 bridgehead atoms. The highest BCUT2D eigenvalue weighted by Gasteiger charge is 2.34. The van der Waals surface area contributed by atoms with Gasteiger partial charge in [0.15, 0.2) is 5.69 Å². The third-order valence-electron chi connectivity index (χ3n) is 4.71. The van der Waals surface area contributed by atoms with E-state index in [1.165, 1.54) is 12.8 Å². The van der Waals surface area contributed by atoms with Gasteiger partial charge in [-0.2, -0.15) is 5.10 Å². The van der Waals surface area contributed by atoms with Crippen LogP contribution in [0.15, 0.2) is 24.3 Å². The Hall–Kier alpha value is -1.88. The van der Waals surface area contributed by atoms with E-state index in [-0.39, 0.29) is 11.3 Å². The minimum atomic E-state index is -0.0980. The van der Waals surface area contributed by atoms with Crippen LogP contribution in [0.25, 0.3) is 10.9 Å². The molecule has 1 N–H and O–H groups in total. The summed E-state index contributed by atoms with van der Waals surface area (Å²) in [6.45, 7) is 1.36. The third kappa shape index (κ3) is 2.73. The summed E-state index contributed by atoms with van der Waals surface area (Å²) in [5, 5.41) is 8.35. The minimum Gasteiger partial charge on any atom is -0.384 e. The predicted octanol–water partition coefficient (Wildman–Crippen LogP) is 2.51. The maximum Gasteiger partial charge on any atom is 0.272 e. The number of carbonyl (C=O) groups is 1. The van der Waals surface area contributed by atoms with Crippen LogP contribution in [0.4, 0.5) is 0 Å². The van der Waals surface area contributed by atoms with Gasteiger partial charge in [-0.25, -0.2) is 0 Å². The summed E-state index contributed by atoms with van der Waals surface area (Å²) >= 11 is 0. The Balaban J connectivity index is 1.76. The molecule has 3 rings (SSSR count). The van der Waals surface area contributed by atoms with Gasteiger partial charge < -0.3 is 10.1 Å². The molecule has 1 aromatic carbocycles. The van der Waals surface area contributed by atoms with Crippen molar-refractivity contribution in [2.45, 2.75) is 25.7 Å². The zero-order valence-corrected chi connectivity index (χ0v) is 13.3. The van der Waals surface area contributed by atoms with Crippen LogP contribution in [0.2, 0.25) is 0 Å². The fourth-order valence-corrected chi connectivity index (χ4v) is 3.54. The van der Waals surface area contributed by atoms with Gasteiger partial charge in [-0.3, -0.25) is 9.48 Å². The maximum absolute atomic E-state index is 12.5. The lowest BCUT2D eigenvalue weighted by molar-refractivity contribution is 0.0739. The molecule has 22 heavy (non-hydrogen) atoms. The summed E-state index contributed by atoms with van der Waals surface area (Å²) in [6.07, 6.45) is 4.66. The smallest absolute Gasteiger partial charge is 0.272 e. The quantitative estimate of drug-likeness (QED) is 0.923. The molecule has 1 aliphatic rings. The molecule has 118 valence electrons. The van der Waals surface area contributed by atoms with E-state index >= 15 is 0 Å². The van der Waals surface area contributed by atoms with Gasteiger partial charge in [0.2, 0.25) is 0 Å². The van der Waals surface area contributed by atoms with E-state index in [0.29, 0.717) is 18.8 Å². The monoisotopic (exact) mass is 301 g/mol. The van der Waals surface area contributed by atoms with E-state index in [1.807, 2.05) is 31.3 Å². The van der Waals surface area contributed by atoms with Crippen LogP contribution in [0.1, 0.15) is 36.2 Å². The van der Waals surface area contributed by atoms with Crippen molar-refractivity contribution in [1.82, 2.24) is 15.1 Å². The fraction of sp³-hybridized carbons (Fsp3) is 0.529. The lowest BCUT2D eigenvalue weighted by Gasteiger charge is -2.28. The standard InChI is InChI=1S/C17H23N3O2/c1-20-14-8-4-3-7-13(14)15(19-20)16(21)18-11-17(12-22-2)9-5-6-10-17/h3-4,7-8H,5-6,9-12H2,1-2H3,(H,18,21). The summed E-state index contributed by atoms with van der Waals surface area (Å²) in [7, 11) is 3.59. The largest absolute Gasteiger partial charge is 0.384 e. The van der Waals surface area contributed by atoms with Crippen molar-refractivity contribution in [2.24, 2.45) is 12.5 Å². The van der Waals surface area contributed by atoms with Crippen molar-refractivity contribution in [3.63, 3.8) is 0 Å². The average molecular weight is 301 g/mol. The SMILES string of the molecule is COCC1(CNC(=O)c2nn(C)c3ccccc23)CCCC1. The Labute approximate surface area is 130 Å². The molecule has 2 aromatic rings. The van der Waals surface area contributed by atoms with Crippen molar-refractivity contribution in [3.05, 3.63) is 30.0 Å². The number of fused-ring (bicyclic) bond motifs is 1. The minimum absolute atomic E-state index is 0.0923. The Morgan fingerprint density at radius 3 is 2.82 bits per heavy atom. The summed E-state index contributed by atoms with van der Waals surface area (Å²) in [5.41, 5.74) is 1.57. The normalized spacial score (nSPS) is 17.0. The van der Waals surface area contributed by atoms with E-state index in [0.717, 1.165) is 23.7 Å². The third-order valence-corrected chi connectivity index (χ3v) is 4.71. The van der Waals surface area contributed by atoms with E-state index in [2.05, 4.69) is 10.4 Å². The second kappa shape index (κ2) is 6.08. The van der Waals surface area contributed by atoms with Gasteiger partial charge >= 0.3 is 0 Å². The molecule has 0 radical (unpaired) electrons. The van der Waals surface area contributed by atoms with Crippen molar-refractivity contribution in [1.29, 1.82) is 0 Å². The second-order valence-corrected chi connectivity index (χ2v) is 6.31. The fourth-order valence-electron chi connectivity index (χ4n) is 3.54. The number of para-hydroxylation sites is 1. The van der Waals surface area contributed by atoms with E-state index in [4.69, 9.17) is 4.74 Å². The van der Waals surface area contributed by atoms with E-state index in [9.17, 15) is 4.79 Å². The van der Waals surface area contributed by atoms with Gasteiger partial charge in [-0.1, -0.05) is 31.0 Å². The van der Waals surface area contributed by atoms with E-state index in [1.54, 1.807) is 11.8 Å². The number of carbonyl (C=O) groups excluding carboxylic acids is 1. The summed E-state index contributed by atoms with van der Waals surface area (Å²) in [6, 6.07) is 7.81. The van der Waals surface area contributed by atoms with Crippen LogP contribution in [-0.4, -0.2) is 35.9 Å². The molecule has 5 nitrogen and oxygen atoms in total. The van der Waals surface area contributed by atoms with Gasteiger partial charge in [0.1, 0.15) is 0 Å². The Morgan fingerprint density at radius 1 is 1.36 bits per heavy atom. The number of hydrogen-bond acceptors (Lipinski definition) is 3. The lowest BCUT2D eigenvalue weighted by atomic mass is 9.87. The van der Waals surface area contributed by atoms with Crippen molar-refractivity contribution in [3.8, 4) is 0 Å². The van der Waals surface area contributed by atoms with Crippen LogP contribution in [-0.2, 0) is 11.8 Å². The summed E-state index contributed by atoms with van der Waals surface area (Å²) < 4.78 is 7.13. The number of aryl methyl sites for hydroxylation is 1. The highest BCUT2D eigenvalue weighted by molar-refractivity contribution is 6.04. The molecule has 1 heterocycles. The van der Waals surface area contributed by atoms with Crippen molar-refractivity contribution < 1.29 is 9.53 Å². The number of rotatable bonds is 5. The molecule has 1 fully saturated rings. The zero-order chi connectivity index (χ0) is 15.6. The highest BCUT2D eigenvalue weighted by Crippen LogP contribution is 2.37. The molecular weight excluding hydrogens is 278 g/mol. The molecule has 0 aliphatic heterocycles. The Morgan fingerprint density at radius 2 is 2.09 bits per heavy atom. The maximum atomic E-state index is 12.5.